The van der Waals surface area contributed by atoms with Gasteiger partial charge in [-0.1, -0.05) is 30.3 Å². The van der Waals surface area contributed by atoms with Gasteiger partial charge >= 0.3 is 5.97 Å². The fraction of sp³-hybridized carbons (Fsp3) is 0.250. The molecule has 0 amide bonds. The average Bonchev–Trinajstić information content (AvgIpc) is 2.67. The van der Waals surface area contributed by atoms with E-state index in [-0.39, 0.29) is 11.9 Å². The molecule has 0 bridgehead atoms. The van der Waals surface area contributed by atoms with E-state index in [4.69, 9.17) is 10.5 Å². The molecule has 15 heavy (non-hydrogen) atoms. The molecule has 1 atom stereocenters. The van der Waals surface area contributed by atoms with E-state index >= 15 is 0 Å². The number of carbonyl (C=O) groups excluding carboxylic acids is 1. The maximum absolute atomic E-state index is 11.5. The largest absolute Gasteiger partial charge is 0.468 e. The number of nitrogens with two attached hydrogens (primary N) is 1. The monoisotopic (exact) mass is 203 g/mol. The molecule has 0 fully saturated rings. The second-order valence-corrected chi connectivity index (χ2v) is 3.48. The second-order valence-electron chi connectivity index (χ2n) is 3.48. The number of hydrogen-bond acceptors (Lipinski definition) is 3. The van der Waals surface area contributed by atoms with Crippen molar-refractivity contribution in [3.63, 3.8) is 0 Å². The zero-order valence-electron chi connectivity index (χ0n) is 8.57. The number of benzene rings is 1. The van der Waals surface area contributed by atoms with Crippen LogP contribution in [0.25, 0.3) is 5.57 Å². The van der Waals surface area contributed by atoms with Gasteiger partial charge in [0.1, 0.15) is 5.92 Å². The van der Waals surface area contributed by atoms with E-state index < -0.39 is 0 Å². The lowest BCUT2D eigenvalue weighted by Gasteiger charge is -2.07. The maximum atomic E-state index is 11.5. The van der Waals surface area contributed by atoms with Crippen molar-refractivity contribution in [2.45, 2.75) is 5.92 Å². The molecule has 0 spiro atoms. The molecule has 0 saturated carbocycles. The van der Waals surface area contributed by atoms with Crippen molar-refractivity contribution in [1.29, 1.82) is 0 Å². The summed E-state index contributed by atoms with van der Waals surface area (Å²) in [5.41, 5.74) is 8.70. The summed E-state index contributed by atoms with van der Waals surface area (Å²) >= 11 is 0. The number of rotatable bonds is 2. The quantitative estimate of drug-likeness (QED) is 0.737. The van der Waals surface area contributed by atoms with Crippen LogP contribution >= 0.6 is 0 Å². The summed E-state index contributed by atoms with van der Waals surface area (Å²) in [6.07, 6.45) is 1.89. The summed E-state index contributed by atoms with van der Waals surface area (Å²) in [6, 6.07) is 7.79. The van der Waals surface area contributed by atoms with Crippen molar-refractivity contribution in [3.05, 3.63) is 41.5 Å². The average molecular weight is 203 g/mol. The van der Waals surface area contributed by atoms with Crippen LogP contribution in [0, 0.1) is 0 Å². The highest BCUT2D eigenvalue weighted by molar-refractivity contribution is 5.90. The molecule has 2 rings (SSSR count). The van der Waals surface area contributed by atoms with Crippen molar-refractivity contribution >= 4 is 11.5 Å². The molecule has 0 heterocycles. The zero-order chi connectivity index (χ0) is 10.8. The summed E-state index contributed by atoms with van der Waals surface area (Å²) in [5.74, 6) is -0.518. The Morgan fingerprint density at radius 2 is 2.20 bits per heavy atom. The molecule has 3 heteroatoms. The van der Waals surface area contributed by atoms with Gasteiger partial charge in [-0.2, -0.15) is 0 Å². The Labute approximate surface area is 88.5 Å². The van der Waals surface area contributed by atoms with Crippen LogP contribution in [0.4, 0.5) is 0 Å². The fourth-order valence-electron chi connectivity index (χ4n) is 1.94. The molecule has 1 aromatic carbocycles. The van der Waals surface area contributed by atoms with Gasteiger partial charge in [-0.05, 0) is 16.7 Å². The number of fused-ring (bicyclic) bond motifs is 1. The summed E-state index contributed by atoms with van der Waals surface area (Å²) in [4.78, 5) is 11.5. The van der Waals surface area contributed by atoms with E-state index in [2.05, 4.69) is 0 Å². The van der Waals surface area contributed by atoms with Gasteiger partial charge in [0.15, 0.2) is 0 Å². The van der Waals surface area contributed by atoms with Gasteiger partial charge in [-0.25, -0.2) is 0 Å². The third-order valence-corrected chi connectivity index (χ3v) is 2.68. The lowest BCUT2D eigenvalue weighted by Crippen LogP contribution is -2.10. The normalized spacial score (nSPS) is 18.3. The highest BCUT2D eigenvalue weighted by Crippen LogP contribution is 2.35. The SMILES string of the molecule is COC(=O)C1C=C(CN)c2ccccc21. The summed E-state index contributed by atoms with van der Waals surface area (Å²) in [6.45, 7) is 0.449. The van der Waals surface area contributed by atoms with Gasteiger partial charge in [0.05, 0.1) is 7.11 Å². The molecule has 1 unspecified atom stereocenters. The minimum Gasteiger partial charge on any atom is -0.468 e. The number of hydrogen-bond donors (Lipinski definition) is 1. The third kappa shape index (κ3) is 1.55. The van der Waals surface area contributed by atoms with Gasteiger partial charge in [0.25, 0.3) is 0 Å². The minimum atomic E-state index is -0.287. The predicted molar refractivity (Wildman–Crippen MR) is 58.2 cm³/mol. The van der Waals surface area contributed by atoms with Crippen LogP contribution < -0.4 is 5.73 Å². The van der Waals surface area contributed by atoms with Crippen LogP contribution in [0.2, 0.25) is 0 Å². The molecule has 2 N–H and O–H groups in total. The number of ether oxygens (including phenoxy) is 1. The highest BCUT2D eigenvalue weighted by atomic mass is 16.5. The Hall–Kier alpha value is -1.61. The third-order valence-electron chi connectivity index (χ3n) is 2.68. The van der Waals surface area contributed by atoms with Crippen LogP contribution in [0.15, 0.2) is 30.3 Å². The van der Waals surface area contributed by atoms with Crippen molar-refractivity contribution in [2.24, 2.45) is 5.73 Å². The molecule has 1 aliphatic rings. The highest BCUT2D eigenvalue weighted by Gasteiger charge is 2.28. The van der Waals surface area contributed by atoms with E-state index in [1.54, 1.807) is 0 Å². The van der Waals surface area contributed by atoms with Crippen LogP contribution in [0.5, 0.6) is 0 Å². The summed E-state index contributed by atoms with van der Waals surface area (Å²) in [5, 5.41) is 0. The molecule has 78 valence electrons. The first-order valence-corrected chi connectivity index (χ1v) is 4.86. The Kier molecular flexibility index (Phi) is 2.56. The van der Waals surface area contributed by atoms with Gasteiger partial charge in [-0.3, -0.25) is 4.79 Å². The Balaban J connectivity index is 2.46. The minimum absolute atomic E-state index is 0.231. The van der Waals surface area contributed by atoms with Crippen molar-refractivity contribution in [2.75, 3.05) is 13.7 Å². The lowest BCUT2D eigenvalue weighted by atomic mass is 10.0. The first kappa shape index (κ1) is 9.93. The Morgan fingerprint density at radius 1 is 1.47 bits per heavy atom. The molecular formula is C12H13NO2. The molecule has 1 aromatic rings. The Bertz CT molecular complexity index is 423. The molecular weight excluding hydrogens is 190 g/mol. The van der Waals surface area contributed by atoms with E-state index in [0.29, 0.717) is 6.54 Å². The van der Waals surface area contributed by atoms with Gasteiger partial charge in [-0.15, -0.1) is 0 Å². The zero-order valence-corrected chi connectivity index (χ0v) is 8.57. The molecule has 0 aromatic heterocycles. The van der Waals surface area contributed by atoms with E-state index in [1.165, 1.54) is 7.11 Å². The van der Waals surface area contributed by atoms with Crippen molar-refractivity contribution in [1.82, 2.24) is 0 Å². The first-order valence-electron chi connectivity index (χ1n) is 4.86. The smallest absolute Gasteiger partial charge is 0.317 e. The Morgan fingerprint density at radius 3 is 2.87 bits per heavy atom. The van der Waals surface area contributed by atoms with E-state index in [1.807, 2.05) is 30.3 Å². The topological polar surface area (TPSA) is 52.3 Å². The van der Waals surface area contributed by atoms with Crippen LogP contribution in [0.1, 0.15) is 17.0 Å². The molecule has 0 radical (unpaired) electrons. The second kappa shape index (κ2) is 3.87. The number of esters is 1. The van der Waals surface area contributed by atoms with Crippen LogP contribution in [0.3, 0.4) is 0 Å². The van der Waals surface area contributed by atoms with E-state index in [0.717, 1.165) is 16.7 Å². The summed E-state index contributed by atoms with van der Waals surface area (Å²) in [7, 11) is 1.40. The molecule has 0 saturated heterocycles. The molecule has 0 aliphatic heterocycles. The van der Waals surface area contributed by atoms with Gasteiger partial charge in [0.2, 0.25) is 0 Å². The van der Waals surface area contributed by atoms with Gasteiger partial charge < -0.3 is 10.5 Å². The van der Waals surface area contributed by atoms with E-state index in [9.17, 15) is 4.79 Å². The molecule has 3 nitrogen and oxygen atoms in total. The first-order chi connectivity index (χ1) is 7.27. The van der Waals surface area contributed by atoms with Crippen LogP contribution in [-0.4, -0.2) is 19.6 Å². The molecule has 1 aliphatic carbocycles. The standard InChI is InChI=1S/C12H13NO2/c1-15-12(14)11-6-8(7-13)9-4-2-3-5-10(9)11/h2-6,11H,7,13H2,1H3. The number of carbonyl (C=O) groups is 1. The van der Waals surface area contributed by atoms with Crippen molar-refractivity contribution < 1.29 is 9.53 Å². The lowest BCUT2D eigenvalue weighted by molar-refractivity contribution is -0.141. The fourth-order valence-corrected chi connectivity index (χ4v) is 1.94. The van der Waals surface area contributed by atoms with Crippen molar-refractivity contribution in [3.8, 4) is 0 Å². The summed E-state index contributed by atoms with van der Waals surface area (Å²) < 4.78 is 4.76. The maximum Gasteiger partial charge on any atom is 0.317 e. The van der Waals surface area contributed by atoms with Crippen LogP contribution in [-0.2, 0) is 9.53 Å². The number of methoxy groups -OCH3 is 1. The predicted octanol–water partition coefficient (Wildman–Crippen LogP) is 1.30. The van der Waals surface area contributed by atoms with Gasteiger partial charge in [0, 0.05) is 6.54 Å².